The maximum atomic E-state index is 13.5. The van der Waals surface area contributed by atoms with Crippen LogP contribution in [0.3, 0.4) is 0 Å². The summed E-state index contributed by atoms with van der Waals surface area (Å²) in [5.41, 5.74) is -1.50. The van der Waals surface area contributed by atoms with E-state index in [4.69, 9.17) is 25.8 Å². The fourth-order valence-corrected chi connectivity index (χ4v) is 7.33. The molecular formula is C37H54ClN3O10S. The number of amides is 3. The first kappa shape index (κ1) is 43.1. The first-order valence-electron chi connectivity index (χ1n) is 17.4. The van der Waals surface area contributed by atoms with Crippen LogP contribution in [-0.2, 0) is 30.3 Å². The number of thiol groups is 1. The Bertz CT molecular complexity index is 1520. The Morgan fingerprint density at radius 2 is 1.90 bits per heavy atom. The second-order valence-electron chi connectivity index (χ2n) is 14.1. The number of carboxylic acids is 1. The van der Waals surface area contributed by atoms with E-state index in [1.54, 1.807) is 26.1 Å². The molecule has 4 bridgehead atoms. The SMILES string of the molecule is COc1cc2cc(c1Cl)N(C)C(=O)CC[C@H](C)CC[C@](O)(C[C@@H](C(=O)O)N(C)C(=O)CCS)[C@H](C)[C@@H]1C[C@@](O)(NC(=O)O1)[C@H](OC)/C=C/C=C(\C)C2. The van der Waals surface area contributed by atoms with Crippen LogP contribution in [0.4, 0.5) is 10.5 Å². The van der Waals surface area contributed by atoms with Gasteiger partial charge in [0.1, 0.15) is 29.0 Å². The number of halogens is 1. The predicted molar refractivity (Wildman–Crippen MR) is 201 cm³/mol. The Balaban J connectivity index is 2.10. The lowest BCUT2D eigenvalue weighted by Crippen LogP contribution is -2.65. The number of nitrogens with zero attached hydrogens (tertiary/aromatic N) is 2. The molecule has 4 N–H and O–H groups in total. The number of rotatable bonds is 8. The highest BCUT2D eigenvalue weighted by atomic mass is 35.5. The molecule has 2 aliphatic rings. The van der Waals surface area contributed by atoms with Gasteiger partial charge in [-0.15, -0.1) is 0 Å². The van der Waals surface area contributed by atoms with Gasteiger partial charge >= 0.3 is 12.1 Å². The number of carbonyl (C=O) groups excluding carboxylic acids is 3. The molecule has 2 aliphatic heterocycles. The second kappa shape index (κ2) is 18.6. The number of alkyl carbamates (subject to hydrolysis) is 1. The highest BCUT2D eigenvalue weighted by Gasteiger charge is 2.51. The van der Waals surface area contributed by atoms with Crippen LogP contribution in [-0.4, -0.2) is 108 Å². The number of aliphatic carboxylic acids is 1. The van der Waals surface area contributed by atoms with E-state index >= 15 is 0 Å². The number of ether oxygens (including phenoxy) is 3. The summed E-state index contributed by atoms with van der Waals surface area (Å²) in [6.07, 6.45) is 2.96. The Hall–Kier alpha value is -3.30. The lowest BCUT2D eigenvalue weighted by molar-refractivity contribution is -0.169. The summed E-state index contributed by atoms with van der Waals surface area (Å²) in [7, 11) is 5.91. The van der Waals surface area contributed by atoms with Crippen molar-refractivity contribution in [3.63, 3.8) is 0 Å². The van der Waals surface area contributed by atoms with E-state index in [1.165, 1.54) is 26.2 Å². The number of aliphatic hydroxyl groups is 2. The Morgan fingerprint density at radius 3 is 2.52 bits per heavy atom. The topological polar surface area (TPSA) is 175 Å². The predicted octanol–water partition coefficient (Wildman–Crippen LogP) is 4.76. The van der Waals surface area contributed by atoms with Crippen molar-refractivity contribution in [1.29, 1.82) is 0 Å². The zero-order chi connectivity index (χ0) is 39.0. The summed E-state index contributed by atoms with van der Waals surface area (Å²) in [6.45, 7) is 5.47. The van der Waals surface area contributed by atoms with Crippen LogP contribution < -0.4 is 15.0 Å². The van der Waals surface area contributed by atoms with E-state index in [2.05, 4.69) is 17.9 Å². The first-order chi connectivity index (χ1) is 24.4. The molecule has 7 atom stereocenters. The van der Waals surface area contributed by atoms with Gasteiger partial charge in [0.15, 0.2) is 5.72 Å². The van der Waals surface area contributed by atoms with Crippen molar-refractivity contribution in [3.05, 3.63) is 46.5 Å². The maximum Gasteiger partial charge on any atom is 0.409 e. The number of methoxy groups -OCH3 is 2. The van der Waals surface area contributed by atoms with Gasteiger partial charge in [-0.05, 0) is 62.0 Å². The van der Waals surface area contributed by atoms with E-state index in [-0.39, 0.29) is 49.7 Å². The van der Waals surface area contributed by atoms with Gasteiger partial charge in [-0.25, -0.2) is 9.59 Å². The quantitative estimate of drug-likeness (QED) is 0.232. The van der Waals surface area contributed by atoms with Gasteiger partial charge in [0.25, 0.3) is 0 Å². The summed E-state index contributed by atoms with van der Waals surface area (Å²) >= 11 is 10.8. The summed E-state index contributed by atoms with van der Waals surface area (Å²) in [5.74, 6) is -2.35. The van der Waals surface area contributed by atoms with Crippen molar-refractivity contribution < 1.29 is 48.7 Å². The first-order valence-corrected chi connectivity index (χ1v) is 18.4. The fraction of sp³-hybridized carbons (Fsp3) is 0.622. The zero-order valence-corrected chi connectivity index (χ0v) is 32.7. The highest BCUT2D eigenvalue weighted by molar-refractivity contribution is 7.80. The van der Waals surface area contributed by atoms with Crippen LogP contribution in [0.15, 0.2) is 35.9 Å². The summed E-state index contributed by atoms with van der Waals surface area (Å²) in [6, 6.07) is 2.23. The third kappa shape index (κ3) is 10.6. The molecular weight excluding hydrogens is 714 g/mol. The Morgan fingerprint density at radius 1 is 1.21 bits per heavy atom. The molecule has 2 heterocycles. The van der Waals surface area contributed by atoms with Crippen LogP contribution in [0, 0.1) is 11.8 Å². The number of anilines is 1. The van der Waals surface area contributed by atoms with E-state index in [1.807, 2.05) is 32.1 Å². The molecule has 3 rings (SSSR count). The molecule has 1 saturated heterocycles. The van der Waals surface area contributed by atoms with Gasteiger partial charge in [-0.2, -0.15) is 12.6 Å². The number of benzene rings is 1. The van der Waals surface area contributed by atoms with Crippen LogP contribution in [0.25, 0.3) is 0 Å². The lowest BCUT2D eigenvalue weighted by Gasteiger charge is -2.46. The molecule has 1 aromatic carbocycles. The molecule has 52 heavy (non-hydrogen) atoms. The number of fused-ring (bicyclic) bond motifs is 4. The van der Waals surface area contributed by atoms with Crippen molar-refractivity contribution in [2.24, 2.45) is 11.8 Å². The minimum Gasteiger partial charge on any atom is -0.495 e. The lowest BCUT2D eigenvalue weighted by atomic mass is 9.73. The van der Waals surface area contributed by atoms with E-state index in [0.29, 0.717) is 35.7 Å². The molecule has 0 aromatic heterocycles. The van der Waals surface area contributed by atoms with Gasteiger partial charge in [-0.3, -0.25) is 14.9 Å². The van der Waals surface area contributed by atoms with Crippen molar-refractivity contribution in [2.75, 3.05) is 39.0 Å². The summed E-state index contributed by atoms with van der Waals surface area (Å²) in [5, 5.41) is 37.3. The molecule has 290 valence electrons. The average Bonchev–Trinajstić information content (AvgIpc) is 3.09. The van der Waals surface area contributed by atoms with Crippen LogP contribution in [0.2, 0.25) is 5.02 Å². The van der Waals surface area contributed by atoms with Gasteiger partial charge in [0.2, 0.25) is 11.8 Å². The number of allylic oxidation sites excluding steroid dienone is 3. The van der Waals surface area contributed by atoms with Gasteiger partial charge in [0.05, 0.1) is 18.4 Å². The molecule has 13 nitrogen and oxygen atoms in total. The number of likely N-dealkylation sites (N-methyl/N-ethyl adjacent to an activating group) is 1. The minimum atomic E-state index is -1.96. The molecule has 15 heteroatoms. The largest absolute Gasteiger partial charge is 0.495 e. The van der Waals surface area contributed by atoms with Gasteiger partial charge in [0, 0.05) is 52.8 Å². The smallest absolute Gasteiger partial charge is 0.409 e. The molecule has 0 spiro atoms. The monoisotopic (exact) mass is 767 g/mol. The van der Waals surface area contributed by atoms with Gasteiger partial charge < -0.3 is 39.3 Å². The highest BCUT2D eigenvalue weighted by Crippen LogP contribution is 2.40. The third-order valence-corrected chi connectivity index (χ3v) is 10.9. The molecule has 1 aromatic rings. The van der Waals surface area contributed by atoms with Crippen LogP contribution in [0.5, 0.6) is 5.75 Å². The molecule has 1 fully saturated rings. The number of nitrogens with one attached hydrogen (secondary N) is 1. The van der Waals surface area contributed by atoms with Gasteiger partial charge in [-0.1, -0.05) is 49.2 Å². The average molecular weight is 768 g/mol. The van der Waals surface area contributed by atoms with Crippen LogP contribution >= 0.6 is 24.2 Å². The second-order valence-corrected chi connectivity index (χ2v) is 14.9. The van der Waals surface area contributed by atoms with Crippen molar-refractivity contribution in [2.45, 2.75) is 102 Å². The summed E-state index contributed by atoms with van der Waals surface area (Å²) in [4.78, 5) is 54.4. The van der Waals surface area contributed by atoms with E-state index in [0.717, 1.165) is 16.0 Å². The minimum absolute atomic E-state index is 0.00124. The third-order valence-electron chi connectivity index (χ3n) is 10.3. The molecule has 0 unspecified atom stereocenters. The van der Waals surface area contributed by atoms with Crippen molar-refractivity contribution in [1.82, 2.24) is 10.2 Å². The Kier molecular flexibility index (Phi) is 15.5. The van der Waals surface area contributed by atoms with Crippen molar-refractivity contribution >= 4 is 53.8 Å². The molecule has 0 saturated carbocycles. The number of carboxylic acid groups (broad SMARTS) is 1. The molecule has 0 aliphatic carbocycles. The number of hydrogen-bond acceptors (Lipinski definition) is 10. The van der Waals surface area contributed by atoms with Crippen LogP contribution in [0.1, 0.15) is 71.3 Å². The number of hydrogen-bond donors (Lipinski definition) is 5. The standard InChI is InChI=1S/C37H54ClN3O10S/c1-22-11-12-31(42)40(4)26-18-25(19-28(49-6)33(26)38)17-23(2)9-8-10-30(50-7)37(48)21-29(51-35(46)39-37)24(3)36(47,15-13-22)20-27(34(44)45)41(5)32(43)14-16-52/h8-10,18-19,22,24,27,29-30,47-48,52H,11-17,20-21H2,1-7H3,(H,39,46)(H,44,45)/b10-8+,23-9+/t22-,24+,27-,29-,30+,36-,37-/m0/s1. The van der Waals surface area contributed by atoms with E-state index in [9.17, 15) is 34.5 Å². The van der Waals surface area contributed by atoms with Crippen molar-refractivity contribution in [3.8, 4) is 5.75 Å². The zero-order valence-electron chi connectivity index (χ0n) is 31.1. The number of carbonyl (C=O) groups is 4. The van der Waals surface area contributed by atoms with E-state index < -0.39 is 53.5 Å². The summed E-state index contributed by atoms with van der Waals surface area (Å²) < 4.78 is 16.8. The normalized spacial score (nSPS) is 30.1. The molecule has 3 amide bonds. The fourth-order valence-electron chi connectivity index (χ4n) is 6.82. The molecule has 0 radical (unpaired) electrons. The maximum absolute atomic E-state index is 13.5. The Labute approximate surface area is 316 Å².